The number of hydrogen-bond donors (Lipinski definition) is 0. The lowest BCUT2D eigenvalue weighted by atomic mass is 10.0. The second-order valence-corrected chi connectivity index (χ2v) is 4.34. The van der Waals surface area contributed by atoms with E-state index in [4.69, 9.17) is 16.3 Å². The molecule has 1 aromatic heterocycles. The number of rotatable bonds is 4. The Morgan fingerprint density at radius 1 is 1.25 bits per heavy atom. The van der Waals surface area contributed by atoms with Gasteiger partial charge in [-0.3, -0.25) is 4.98 Å². The fourth-order valence-electron chi connectivity index (χ4n) is 1.82. The van der Waals surface area contributed by atoms with Crippen molar-refractivity contribution in [3.05, 3.63) is 59.9 Å². The number of aromatic nitrogens is 1. The molecule has 1 aromatic carbocycles. The van der Waals surface area contributed by atoms with Gasteiger partial charge >= 0.3 is 0 Å². The van der Waals surface area contributed by atoms with E-state index >= 15 is 0 Å². The first-order valence-electron chi connectivity index (χ1n) is 6.20. The van der Waals surface area contributed by atoms with Crippen LogP contribution in [-0.2, 0) is 0 Å². The molecule has 0 spiro atoms. The first-order valence-corrected chi connectivity index (χ1v) is 6.58. The van der Waals surface area contributed by atoms with E-state index in [2.05, 4.69) is 11.1 Å². The second-order valence-electron chi connectivity index (χ2n) is 3.97. The van der Waals surface area contributed by atoms with Crippen molar-refractivity contribution in [3.63, 3.8) is 0 Å². The van der Waals surface area contributed by atoms with Crippen molar-refractivity contribution in [2.24, 2.45) is 0 Å². The molecular formula is C16H13ClN2O. The molecule has 3 nitrogen and oxygen atoms in total. The fraction of sp³-hybridized carbons (Fsp3) is 0.125. The summed E-state index contributed by atoms with van der Waals surface area (Å²) >= 11 is 6.40. The molecule has 0 saturated carbocycles. The van der Waals surface area contributed by atoms with Crippen molar-refractivity contribution in [3.8, 4) is 11.8 Å². The van der Waals surface area contributed by atoms with E-state index < -0.39 is 0 Å². The molecule has 0 saturated heterocycles. The van der Waals surface area contributed by atoms with Crippen molar-refractivity contribution in [2.75, 3.05) is 6.61 Å². The first-order chi connectivity index (χ1) is 9.77. The van der Waals surface area contributed by atoms with Crippen LogP contribution in [0.15, 0.2) is 48.8 Å². The van der Waals surface area contributed by atoms with Crippen LogP contribution >= 0.6 is 11.6 Å². The van der Waals surface area contributed by atoms with Gasteiger partial charge in [0.15, 0.2) is 0 Å². The molecule has 0 atom stereocenters. The monoisotopic (exact) mass is 284 g/mol. The van der Waals surface area contributed by atoms with Gasteiger partial charge in [0.2, 0.25) is 0 Å². The standard InChI is InChI=1S/C16H13ClN2O/c1-2-20-15-6-4-3-5-13(15)16(17)14(11-18)12-7-9-19-10-8-12/h3-10H,2H2,1H3/b16-14+. The third-order valence-electron chi connectivity index (χ3n) is 2.72. The lowest BCUT2D eigenvalue weighted by Crippen LogP contribution is -1.95. The van der Waals surface area contributed by atoms with Crippen LogP contribution in [-0.4, -0.2) is 11.6 Å². The third-order valence-corrected chi connectivity index (χ3v) is 3.12. The van der Waals surface area contributed by atoms with Crippen LogP contribution < -0.4 is 4.74 Å². The van der Waals surface area contributed by atoms with E-state index in [9.17, 15) is 5.26 Å². The van der Waals surface area contributed by atoms with Gasteiger partial charge in [-0.2, -0.15) is 5.26 Å². The highest BCUT2D eigenvalue weighted by atomic mass is 35.5. The summed E-state index contributed by atoms with van der Waals surface area (Å²) in [6, 6.07) is 13.1. The maximum Gasteiger partial charge on any atom is 0.128 e. The average Bonchev–Trinajstić information content (AvgIpc) is 2.50. The maximum absolute atomic E-state index is 9.38. The fourth-order valence-corrected chi connectivity index (χ4v) is 2.13. The Kier molecular flexibility index (Phi) is 4.75. The molecule has 0 N–H and O–H groups in total. The van der Waals surface area contributed by atoms with Gasteiger partial charge in [0.05, 0.1) is 17.2 Å². The summed E-state index contributed by atoms with van der Waals surface area (Å²) in [5.74, 6) is 0.668. The molecule has 0 aliphatic heterocycles. The lowest BCUT2D eigenvalue weighted by molar-refractivity contribution is 0.339. The quantitative estimate of drug-likeness (QED) is 0.794. The summed E-state index contributed by atoms with van der Waals surface area (Å²) in [5.41, 5.74) is 1.85. The van der Waals surface area contributed by atoms with Gasteiger partial charge in [-0.1, -0.05) is 23.7 Å². The molecule has 0 radical (unpaired) electrons. The van der Waals surface area contributed by atoms with Crippen LogP contribution in [0, 0.1) is 11.3 Å². The molecule has 0 aliphatic rings. The van der Waals surface area contributed by atoms with E-state index in [1.807, 2.05) is 31.2 Å². The molecule has 0 unspecified atom stereocenters. The van der Waals surface area contributed by atoms with E-state index in [1.54, 1.807) is 24.5 Å². The van der Waals surface area contributed by atoms with Crippen LogP contribution in [0.4, 0.5) is 0 Å². The van der Waals surface area contributed by atoms with Gasteiger partial charge in [-0.15, -0.1) is 0 Å². The topological polar surface area (TPSA) is 45.9 Å². The summed E-state index contributed by atoms with van der Waals surface area (Å²) < 4.78 is 5.55. The van der Waals surface area contributed by atoms with Crippen LogP contribution in [0.25, 0.3) is 10.6 Å². The summed E-state index contributed by atoms with van der Waals surface area (Å²) in [6.45, 7) is 2.45. The predicted molar refractivity (Wildman–Crippen MR) is 80.1 cm³/mol. The number of nitrogens with zero attached hydrogens (tertiary/aromatic N) is 2. The van der Waals surface area contributed by atoms with Crippen molar-refractivity contribution in [2.45, 2.75) is 6.92 Å². The first kappa shape index (κ1) is 14.1. The van der Waals surface area contributed by atoms with Gasteiger partial charge in [0, 0.05) is 18.0 Å². The van der Waals surface area contributed by atoms with Gasteiger partial charge in [0.1, 0.15) is 11.8 Å². The van der Waals surface area contributed by atoms with Gasteiger partial charge in [-0.25, -0.2) is 0 Å². The zero-order valence-electron chi connectivity index (χ0n) is 11.0. The maximum atomic E-state index is 9.38. The predicted octanol–water partition coefficient (Wildman–Crippen LogP) is 4.11. The largest absolute Gasteiger partial charge is 0.493 e. The summed E-state index contributed by atoms with van der Waals surface area (Å²) in [4.78, 5) is 3.94. The molecule has 0 aliphatic carbocycles. The van der Waals surface area contributed by atoms with Crippen molar-refractivity contribution in [1.82, 2.24) is 4.98 Å². The van der Waals surface area contributed by atoms with Gasteiger partial charge < -0.3 is 4.74 Å². The van der Waals surface area contributed by atoms with E-state index in [0.29, 0.717) is 28.5 Å². The third kappa shape index (κ3) is 2.98. The van der Waals surface area contributed by atoms with Crippen LogP contribution in [0.5, 0.6) is 5.75 Å². The highest BCUT2D eigenvalue weighted by Crippen LogP contribution is 2.34. The van der Waals surface area contributed by atoms with Crippen LogP contribution in [0.2, 0.25) is 0 Å². The number of allylic oxidation sites excluding steroid dienone is 1. The zero-order valence-corrected chi connectivity index (χ0v) is 11.8. The number of nitriles is 1. The number of pyridine rings is 1. The number of hydrogen-bond acceptors (Lipinski definition) is 3. The van der Waals surface area contributed by atoms with E-state index in [1.165, 1.54) is 0 Å². The van der Waals surface area contributed by atoms with Crippen molar-refractivity contribution < 1.29 is 4.74 Å². The van der Waals surface area contributed by atoms with Gasteiger partial charge in [-0.05, 0) is 36.8 Å². The lowest BCUT2D eigenvalue weighted by Gasteiger charge is -2.10. The molecular weight excluding hydrogens is 272 g/mol. The van der Waals surface area contributed by atoms with Crippen LogP contribution in [0.1, 0.15) is 18.1 Å². The van der Waals surface area contributed by atoms with Crippen molar-refractivity contribution in [1.29, 1.82) is 5.26 Å². The van der Waals surface area contributed by atoms with Crippen LogP contribution in [0.3, 0.4) is 0 Å². The summed E-state index contributed by atoms with van der Waals surface area (Å²) in [6.07, 6.45) is 3.26. The van der Waals surface area contributed by atoms with Gasteiger partial charge in [0.25, 0.3) is 0 Å². The number of para-hydroxylation sites is 1. The summed E-state index contributed by atoms with van der Waals surface area (Å²) in [5, 5.41) is 9.76. The van der Waals surface area contributed by atoms with Crippen molar-refractivity contribution >= 4 is 22.2 Å². The molecule has 100 valence electrons. The number of benzene rings is 1. The highest BCUT2D eigenvalue weighted by molar-refractivity contribution is 6.53. The van der Waals surface area contributed by atoms with E-state index in [0.717, 1.165) is 5.56 Å². The zero-order chi connectivity index (χ0) is 14.4. The smallest absolute Gasteiger partial charge is 0.128 e. The second kappa shape index (κ2) is 6.74. The molecule has 2 rings (SSSR count). The Bertz CT molecular complexity index is 660. The molecule has 0 fully saturated rings. The Labute approximate surface area is 123 Å². The summed E-state index contributed by atoms with van der Waals surface area (Å²) in [7, 11) is 0. The van der Waals surface area contributed by atoms with E-state index in [-0.39, 0.29) is 0 Å². The Morgan fingerprint density at radius 3 is 2.60 bits per heavy atom. The molecule has 0 bridgehead atoms. The molecule has 1 heterocycles. The number of ether oxygens (including phenoxy) is 1. The Morgan fingerprint density at radius 2 is 1.95 bits per heavy atom. The minimum Gasteiger partial charge on any atom is -0.493 e. The highest BCUT2D eigenvalue weighted by Gasteiger charge is 2.13. The Hall–Kier alpha value is -2.31. The Balaban J connectivity index is 2.55. The average molecular weight is 285 g/mol. The normalized spacial score (nSPS) is 11.4. The number of halogens is 1. The minimum absolute atomic E-state index is 0.378. The molecule has 20 heavy (non-hydrogen) atoms. The SMILES string of the molecule is CCOc1ccccc1/C(Cl)=C(/C#N)c1ccncc1. The molecule has 4 heteroatoms. The molecule has 0 amide bonds. The molecule has 2 aromatic rings. The minimum atomic E-state index is 0.378.